The molecule has 0 saturated carbocycles. The third-order valence-electron chi connectivity index (χ3n) is 4.36. The maximum Gasteiger partial charge on any atom is 0.124 e. The Morgan fingerprint density at radius 2 is 1.95 bits per heavy atom. The molecule has 0 aliphatic carbocycles. The van der Waals surface area contributed by atoms with E-state index in [0.29, 0.717) is 0 Å². The molecule has 2 aromatic carbocycles. The number of benzene rings is 2. The molecule has 0 amide bonds. The van der Waals surface area contributed by atoms with Crippen molar-refractivity contribution >= 4 is 0 Å². The quantitative estimate of drug-likeness (QED) is 0.916. The van der Waals surface area contributed by atoms with Crippen LogP contribution in [0, 0.1) is 6.92 Å². The standard InChI is InChI=1S/C19H23NO/c1-14-8-9-18-16(12-14)17(20)13-19(2,21-18)11-10-15-6-4-3-5-7-15/h3-9,12,17H,10-11,13,20H2,1-2H3. The number of nitrogens with two attached hydrogens (primary N) is 1. The molecule has 0 bridgehead atoms. The molecule has 110 valence electrons. The van der Waals surface area contributed by atoms with Gasteiger partial charge in [-0.2, -0.15) is 0 Å². The minimum atomic E-state index is -0.183. The topological polar surface area (TPSA) is 35.2 Å². The second-order valence-electron chi connectivity index (χ2n) is 6.39. The zero-order valence-corrected chi connectivity index (χ0v) is 12.8. The Labute approximate surface area is 126 Å². The van der Waals surface area contributed by atoms with Crippen molar-refractivity contribution in [2.45, 2.75) is 44.8 Å². The summed E-state index contributed by atoms with van der Waals surface area (Å²) in [6, 6.07) is 16.9. The van der Waals surface area contributed by atoms with Crippen LogP contribution in [-0.4, -0.2) is 5.60 Å². The van der Waals surface area contributed by atoms with Gasteiger partial charge in [0, 0.05) is 18.0 Å². The van der Waals surface area contributed by atoms with E-state index in [1.807, 2.05) is 0 Å². The van der Waals surface area contributed by atoms with E-state index in [1.54, 1.807) is 0 Å². The van der Waals surface area contributed by atoms with Gasteiger partial charge in [0.1, 0.15) is 11.4 Å². The van der Waals surface area contributed by atoms with Crippen molar-refractivity contribution in [1.82, 2.24) is 0 Å². The summed E-state index contributed by atoms with van der Waals surface area (Å²) in [6.45, 7) is 4.27. The van der Waals surface area contributed by atoms with Crippen LogP contribution in [0.1, 0.15) is 42.5 Å². The van der Waals surface area contributed by atoms with Crippen molar-refractivity contribution in [1.29, 1.82) is 0 Å². The first kappa shape index (κ1) is 14.2. The Balaban J connectivity index is 1.76. The van der Waals surface area contributed by atoms with Crippen molar-refractivity contribution in [2.75, 3.05) is 0 Å². The molecule has 1 aliphatic rings. The minimum absolute atomic E-state index is 0.0643. The number of aryl methyl sites for hydroxylation is 2. The lowest BCUT2D eigenvalue weighted by atomic mass is 9.84. The van der Waals surface area contributed by atoms with Gasteiger partial charge in [-0.3, -0.25) is 0 Å². The first-order valence-corrected chi connectivity index (χ1v) is 7.65. The largest absolute Gasteiger partial charge is 0.487 e. The van der Waals surface area contributed by atoms with Crippen LogP contribution < -0.4 is 10.5 Å². The van der Waals surface area contributed by atoms with Crippen LogP contribution in [0.25, 0.3) is 0 Å². The molecule has 1 aliphatic heterocycles. The summed E-state index contributed by atoms with van der Waals surface area (Å²) in [7, 11) is 0. The Morgan fingerprint density at radius 1 is 1.19 bits per heavy atom. The monoisotopic (exact) mass is 281 g/mol. The van der Waals surface area contributed by atoms with Crippen molar-refractivity contribution in [3.05, 3.63) is 65.2 Å². The highest BCUT2D eigenvalue weighted by Gasteiger charge is 2.35. The molecule has 0 aromatic heterocycles. The molecular weight excluding hydrogens is 258 g/mol. The van der Waals surface area contributed by atoms with Gasteiger partial charge in [0.05, 0.1) is 0 Å². The van der Waals surface area contributed by atoms with Gasteiger partial charge in [-0.05, 0) is 38.3 Å². The van der Waals surface area contributed by atoms with Crippen molar-refractivity contribution < 1.29 is 4.74 Å². The molecule has 2 nitrogen and oxygen atoms in total. The SMILES string of the molecule is Cc1ccc2c(c1)C(N)CC(C)(CCc1ccccc1)O2. The summed E-state index contributed by atoms with van der Waals surface area (Å²) in [5.41, 5.74) is 9.93. The van der Waals surface area contributed by atoms with Crippen LogP contribution in [0.5, 0.6) is 5.75 Å². The lowest BCUT2D eigenvalue weighted by Crippen LogP contribution is -2.40. The molecule has 1 heterocycles. The van der Waals surface area contributed by atoms with Gasteiger partial charge >= 0.3 is 0 Å². The lowest BCUT2D eigenvalue weighted by molar-refractivity contribution is 0.0458. The second kappa shape index (κ2) is 5.53. The highest BCUT2D eigenvalue weighted by molar-refractivity contribution is 5.41. The van der Waals surface area contributed by atoms with E-state index in [2.05, 4.69) is 62.4 Å². The lowest BCUT2D eigenvalue weighted by Gasteiger charge is -2.39. The summed E-state index contributed by atoms with van der Waals surface area (Å²) in [6.07, 6.45) is 2.87. The van der Waals surface area contributed by atoms with Crippen molar-refractivity contribution in [3.8, 4) is 5.75 Å². The molecule has 0 radical (unpaired) electrons. The number of rotatable bonds is 3. The summed E-state index contributed by atoms with van der Waals surface area (Å²) >= 11 is 0. The molecular formula is C19H23NO. The van der Waals surface area contributed by atoms with Gasteiger partial charge in [-0.1, -0.05) is 48.0 Å². The number of hydrogen-bond donors (Lipinski definition) is 1. The maximum absolute atomic E-state index is 6.38. The summed E-state index contributed by atoms with van der Waals surface area (Å²) in [4.78, 5) is 0. The van der Waals surface area contributed by atoms with Gasteiger partial charge in [-0.25, -0.2) is 0 Å². The van der Waals surface area contributed by atoms with Crippen LogP contribution >= 0.6 is 0 Å². The Kier molecular flexibility index (Phi) is 3.73. The summed E-state index contributed by atoms with van der Waals surface area (Å²) in [5, 5.41) is 0. The Morgan fingerprint density at radius 3 is 2.71 bits per heavy atom. The fourth-order valence-electron chi connectivity index (χ4n) is 3.14. The highest BCUT2D eigenvalue weighted by atomic mass is 16.5. The Bertz CT molecular complexity index is 623. The second-order valence-corrected chi connectivity index (χ2v) is 6.39. The van der Waals surface area contributed by atoms with Gasteiger partial charge in [0.2, 0.25) is 0 Å². The third kappa shape index (κ3) is 3.11. The predicted molar refractivity (Wildman–Crippen MR) is 86.5 cm³/mol. The summed E-state index contributed by atoms with van der Waals surface area (Å²) in [5.74, 6) is 0.954. The number of hydrogen-bond acceptors (Lipinski definition) is 2. The number of ether oxygens (including phenoxy) is 1. The first-order valence-electron chi connectivity index (χ1n) is 7.65. The highest BCUT2D eigenvalue weighted by Crippen LogP contribution is 2.40. The van der Waals surface area contributed by atoms with E-state index in [0.717, 1.165) is 30.6 Å². The van der Waals surface area contributed by atoms with E-state index in [1.165, 1.54) is 11.1 Å². The fraction of sp³-hybridized carbons (Fsp3) is 0.368. The first-order chi connectivity index (χ1) is 10.1. The predicted octanol–water partition coefficient (Wildman–Crippen LogP) is 4.17. The minimum Gasteiger partial charge on any atom is -0.487 e. The van der Waals surface area contributed by atoms with E-state index in [-0.39, 0.29) is 11.6 Å². The van der Waals surface area contributed by atoms with E-state index >= 15 is 0 Å². The van der Waals surface area contributed by atoms with Crippen molar-refractivity contribution in [2.24, 2.45) is 5.73 Å². The van der Waals surface area contributed by atoms with E-state index in [9.17, 15) is 0 Å². The number of fused-ring (bicyclic) bond motifs is 1. The zero-order valence-electron chi connectivity index (χ0n) is 12.8. The van der Waals surface area contributed by atoms with Crippen LogP contribution in [0.4, 0.5) is 0 Å². The summed E-state index contributed by atoms with van der Waals surface area (Å²) < 4.78 is 6.29. The van der Waals surface area contributed by atoms with E-state index in [4.69, 9.17) is 10.5 Å². The molecule has 21 heavy (non-hydrogen) atoms. The van der Waals surface area contributed by atoms with Crippen LogP contribution in [0.15, 0.2) is 48.5 Å². The van der Waals surface area contributed by atoms with Crippen LogP contribution in [0.3, 0.4) is 0 Å². The molecule has 0 spiro atoms. The van der Waals surface area contributed by atoms with E-state index < -0.39 is 0 Å². The van der Waals surface area contributed by atoms with Crippen LogP contribution in [0.2, 0.25) is 0 Å². The van der Waals surface area contributed by atoms with Crippen LogP contribution in [-0.2, 0) is 6.42 Å². The molecule has 0 saturated heterocycles. The smallest absolute Gasteiger partial charge is 0.124 e. The maximum atomic E-state index is 6.38. The molecule has 2 unspecified atom stereocenters. The molecule has 2 heteroatoms. The van der Waals surface area contributed by atoms with Gasteiger partial charge < -0.3 is 10.5 Å². The molecule has 3 rings (SSSR count). The third-order valence-corrected chi connectivity index (χ3v) is 4.36. The molecule has 0 fully saturated rings. The molecule has 2 aromatic rings. The van der Waals surface area contributed by atoms with Gasteiger partial charge in [0.25, 0.3) is 0 Å². The normalized spacial score (nSPS) is 24.2. The molecule has 2 atom stereocenters. The fourth-order valence-corrected chi connectivity index (χ4v) is 3.14. The zero-order chi connectivity index (χ0) is 14.9. The van der Waals surface area contributed by atoms with Gasteiger partial charge in [-0.15, -0.1) is 0 Å². The average Bonchev–Trinajstić information content (AvgIpc) is 2.47. The Hall–Kier alpha value is -1.80. The van der Waals surface area contributed by atoms with Gasteiger partial charge in [0.15, 0.2) is 0 Å². The average molecular weight is 281 g/mol. The molecule has 2 N–H and O–H groups in total. The van der Waals surface area contributed by atoms with Crippen molar-refractivity contribution in [3.63, 3.8) is 0 Å².